The second-order valence-corrected chi connectivity index (χ2v) is 4.05. The van der Waals surface area contributed by atoms with E-state index in [-0.39, 0.29) is 18.3 Å². The lowest BCUT2D eigenvalue weighted by molar-refractivity contribution is 0.0876. The van der Waals surface area contributed by atoms with E-state index in [9.17, 15) is 4.79 Å². The molecule has 8 nitrogen and oxygen atoms in total. The molecule has 0 aliphatic rings. The highest BCUT2D eigenvalue weighted by molar-refractivity contribution is 5.96. The van der Waals surface area contributed by atoms with Gasteiger partial charge in [-0.15, -0.1) is 10.2 Å². The molecule has 0 bridgehead atoms. The van der Waals surface area contributed by atoms with Crippen molar-refractivity contribution in [2.24, 2.45) is 0 Å². The first-order valence-electron chi connectivity index (χ1n) is 5.57. The molecule has 3 aromatic rings. The number of carbonyl (C=O) groups excluding carboxylic acids is 1. The Hall–Kier alpha value is -2.90. The number of carbonyl (C=O) groups is 1. The van der Waals surface area contributed by atoms with E-state index >= 15 is 0 Å². The highest BCUT2D eigenvalue weighted by Gasteiger charge is 2.14. The summed E-state index contributed by atoms with van der Waals surface area (Å²) in [5, 5.41) is 12.1. The lowest BCUT2D eigenvalue weighted by atomic mass is 10.2. The van der Waals surface area contributed by atoms with E-state index in [0.29, 0.717) is 11.3 Å². The zero-order valence-electron chi connectivity index (χ0n) is 9.89. The molecule has 0 saturated heterocycles. The summed E-state index contributed by atoms with van der Waals surface area (Å²) in [4.78, 5) is 12.2. The summed E-state index contributed by atoms with van der Waals surface area (Å²) >= 11 is 0. The van der Waals surface area contributed by atoms with Crippen molar-refractivity contribution in [2.75, 3.05) is 11.5 Å². The van der Waals surface area contributed by atoms with Crippen LogP contribution in [-0.4, -0.2) is 30.7 Å². The maximum atomic E-state index is 12.2. The Labute approximate surface area is 107 Å². The molecule has 0 amide bonds. The number of benzene rings is 1. The number of hydrogen-bond donors (Lipinski definition) is 2. The number of nitrogens with zero attached hydrogens (tertiary/aromatic N) is 5. The molecule has 0 aliphatic heterocycles. The largest absolute Gasteiger partial charge is 0.382 e. The topological polar surface area (TPSA) is 118 Å². The summed E-state index contributed by atoms with van der Waals surface area (Å²) in [5.74, 6) is 0.317. The minimum absolute atomic E-state index is 0.00465. The average Bonchev–Trinajstić information content (AvgIpc) is 2.95. The molecule has 0 atom stereocenters. The Bertz CT molecular complexity index is 757. The predicted octanol–water partition coefficient (Wildman–Crippen LogP) is 0.133. The number of hydrogen-bond acceptors (Lipinski definition) is 6. The molecular weight excluding hydrogens is 246 g/mol. The number of fused-ring (bicyclic) bond motifs is 1. The summed E-state index contributed by atoms with van der Waals surface area (Å²) in [6.45, 7) is -0.00465. The van der Waals surface area contributed by atoms with Crippen molar-refractivity contribution in [3.8, 4) is 0 Å². The van der Waals surface area contributed by atoms with Gasteiger partial charge in [0, 0.05) is 5.39 Å². The molecule has 0 unspecified atom stereocenters. The third-order valence-electron chi connectivity index (χ3n) is 2.71. The van der Waals surface area contributed by atoms with Crippen LogP contribution >= 0.6 is 0 Å². The Morgan fingerprint density at radius 2 is 2.05 bits per heavy atom. The smallest absolute Gasteiger partial charge is 0.269 e. The number of anilines is 2. The van der Waals surface area contributed by atoms with Gasteiger partial charge in [0.05, 0.1) is 11.7 Å². The Morgan fingerprint density at radius 3 is 2.79 bits per heavy atom. The van der Waals surface area contributed by atoms with Crippen LogP contribution < -0.4 is 11.5 Å². The highest BCUT2D eigenvalue weighted by Crippen LogP contribution is 2.19. The van der Waals surface area contributed by atoms with Gasteiger partial charge in [0.15, 0.2) is 11.6 Å². The third-order valence-corrected chi connectivity index (χ3v) is 2.71. The van der Waals surface area contributed by atoms with Crippen LogP contribution in [0.5, 0.6) is 0 Å². The van der Waals surface area contributed by atoms with Crippen LogP contribution in [0.2, 0.25) is 0 Å². The minimum Gasteiger partial charge on any atom is -0.382 e. The van der Waals surface area contributed by atoms with Crippen molar-refractivity contribution < 1.29 is 4.79 Å². The van der Waals surface area contributed by atoms with Crippen molar-refractivity contribution >= 4 is 28.4 Å². The molecule has 0 spiro atoms. The standard InChI is InChI=1S/C11H11N7O/c12-9-5-17(16-14-9)6-10(19)18-8-4-2-1-3-7(8)11(13)15-18/h1-5H,6,12H2,(H2,13,15). The Morgan fingerprint density at radius 1 is 1.26 bits per heavy atom. The van der Waals surface area contributed by atoms with Gasteiger partial charge in [-0.2, -0.15) is 4.68 Å². The molecule has 96 valence electrons. The van der Waals surface area contributed by atoms with E-state index in [2.05, 4.69) is 15.4 Å². The van der Waals surface area contributed by atoms with Crippen LogP contribution in [0.1, 0.15) is 4.79 Å². The van der Waals surface area contributed by atoms with E-state index in [1.54, 1.807) is 6.07 Å². The molecule has 2 heterocycles. The van der Waals surface area contributed by atoms with E-state index in [1.165, 1.54) is 15.6 Å². The van der Waals surface area contributed by atoms with Gasteiger partial charge >= 0.3 is 0 Å². The second kappa shape index (κ2) is 4.09. The molecule has 8 heteroatoms. The number of para-hydroxylation sites is 1. The normalized spacial score (nSPS) is 10.9. The molecule has 0 aliphatic carbocycles. The number of nitrogen functional groups attached to an aromatic ring is 2. The van der Waals surface area contributed by atoms with Crippen LogP contribution in [0.25, 0.3) is 10.9 Å². The van der Waals surface area contributed by atoms with Gasteiger partial charge in [-0.25, -0.2) is 4.68 Å². The molecular formula is C11H11N7O. The lowest BCUT2D eigenvalue weighted by Gasteiger charge is -2.01. The van der Waals surface area contributed by atoms with Crippen LogP contribution in [-0.2, 0) is 6.54 Å². The maximum absolute atomic E-state index is 12.2. The quantitative estimate of drug-likeness (QED) is 0.673. The van der Waals surface area contributed by atoms with Gasteiger partial charge in [0.1, 0.15) is 6.54 Å². The molecule has 0 fully saturated rings. The summed E-state index contributed by atoms with van der Waals surface area (Å²) < 4.78 is 2.62. The first-order chi connectivity index (χ1) is 9.15. The van der Waals surface area contributed by atoms with Crippen LogP contribution in [0.15, 0.2) is 30.5 Å². The number of aromatic nitrogens is 5. The number of nitrogens with two attached hydrogens (primary N) is 2. The summed E-state index contributed by atoms with van der Waals surface area (Å²) in [6, 6.07) is 7.26. The van der Waals surface area contributed by atoms with Crippen molar-refractivity contribution in [1.29, 1.82) is 0 Å². The molecule has 19 heavy (non-hydrogen) atoms. The van der Waals surface area contributed by atoms with Gasteiger partial charge in [0.25, 0.3) is 5.91 Å². The monoisotopic (exact) mass is 257 g/mol. The second-order valence-electron chi connectivity index (χ2n) is 4.05. The predicted molar refractivity (Wildman–Crippen MR) is 69.2 cm³/mol. The maximum Gasteiger partial charge on any atom is 0.269 e. The van der Waals surface area contributed by atoms with E-state index in [1.807, 2.05) is 18.2 Å². The summed E-state index contributed by atoms with van der Waals surface area (Å²) in [6.07, 6.45) is 1.48. The lowest BCUT2D eigenvalue weighted by Crippen LogP contribution is -2.19. The molecule has 0 radical (unpaired) electrons. The van der Waals surface area contributed by atoms with Crippen LogP contribution in [0, 0.1) is 0 Å². The van der Waals surface area contributed by atoms with Crippen molar-refractivity contribution in [3.63, 3.8) is 0 Å². The summed E-state index contributed by atoms with van der Waals surface area (Å²) in [7, 11) is 0. The highest BCUT2D eigenvalue weighted by atomic mass is 16.2. The average molecular weight is 257 g/mol. The van der Waals surface area contributed by atoms with Crippen molar-refractivity contribution in [1.82, 2.24) is 24.8 Å². The molecule has 3 rings (SSSR count). The van der Waals surface area contributed by atoms with Gasteiger partial charge in [-0.05, 0) is 12.1 Å². The molecule has 4 N–H and O–H groups in total. The molecule has 2 aromatic heterocycles. The zero-order chi connectivity index (χ0) is 13.4. The fourth-order valence-corrected chi connectivity index (χ4v) is 1.88. The fraction of sp³-hybridized carbons (Fsp3) is 0.0909. The first kappa shape index (κ1) is 11.2. The fourth-order valence-electron chi connectivity index (χ4n) is 1.88. The van der Waals surface area contributed by atoms with Gasteiger partial charge in [-0.3, -0.25) is 4.79 Å². The van der Waals surface area contributed by atoms with E-state index in [0.717, 1.165) is 5.39 Å². The zero-order valence-corrected chi connectivity index (χ0v) is 9.89. The van der Waals surface area contributed by atoms with E-state index in [4.69, 9.17) is 11.5 Å². The Balaban J connectivity index is 1.98. The molecule has 0 saturated carbocycles. The van der Waals surface area contributed by atoms with Crippen molar-refractivity contribution in [3.05, 3.63) is 30.5 Å². The Kier molecular flexibility index (Phi) is 2.41. The minimum atomic E-state index is -0.266. The van der Waals surface area contributed by atoms with Gasteiger partial charge in [-0.1, -0.05) is 17.3 Å². The van der Waals surface area contributed by atoms with E-state index < -0.39 is 0 Å². The van der Waals surface area contributed by atoms with Crippen LogP contribution in [0.4, 0.5) is 11.6 Å². The third kappa shape index (κ3) is 1.88. The van der Waals surface area contributed by atoms with Gasteiger partial charge < -0.3 is 11.5 Å². The van der Waals surface area contributed by atoms with Crippen molar-refractivity contribution in [2.45, 2.75) is 6.54 Å². The van der Waals surface area contributed by atoms with Crippen LogP contribution in [0.3, 0.4) is 0 Å². The number of rotatable bonds is 2. The molecule has 1 aromatic carbocycles. The SMILES string of the molecule is Nc1cn(CC(=O)n2nc(N)c3ccccc32)nn1. The summed E-state index contributed by atoms with van der Waals surface area (Å²) in [5.41, 5.74) is 11.9. The first-order valence-corrected chi connectivity index (χ1v) is 5.57. The van der Waals surface area contributed by atoms with Gasteiger partial charge in [0.2, 0.25) is 0 Å².